The molecule has 0 unspecified atom stereocenters. The second-order valence-corrected chi connectivity index (χ2v) is 5.10. The molecule has 10 heteroatoms. The van der Waals surface area contributed by atoms with Gasteiger partial charge in [-0.05, 0) is 47.7 Å². The van der Waals surface area contributed by atoms with Crippen molar-refractivity contribution in [1.29, 1.82) is 0 Å². The van der Waals surface area contributed by atoms with Crippen LogP contribution in [0.2, 0.25) is 0 Å². The fourth-order valence-corrected chi connectivity index (χ4v) is 2.25. The Morgan fingerprint density at radius 1 is 1.36 bits per heavy atom. The highest BCUT2D eigenvalue weighted by Crippen LogP contribution is 2.31. The third kappa shape index (κ3) is 3.87. The fourth-order valence-electron chi connectivity index (χ4n) is 1.63. The molecule has 22 heavy (non-hydrogen) atoms. The molecular weight excluding hydrogens is 418 g/mol. The summed E-state index contributed by atoms with van der Waals surface area (Å²) in [7, 11) is 0. The fraction of sp³-hybridized carbons (Fsp3) is 0.250. The molecule has 0 aliphatic rings. The van der Waals surface area contributed by atoms with Gasteiger partial charge in [-0.25, -0.2) is 4.79 Å². The molecule has 1 heterocycles. The maximum atomic E-state index is 12.2. The lowest BCUT2D eigenvalue weighted by molar-refractivity contribution is -0.274. The molecule has 0 radical (unpaired) electrons. The molecule has 0 aliphatic carbocycles. The van der Waals surface area contributed by atoms with Crippen molar-refractivity contribution in [2.24, 2.45) is 0 Å². The number of carbonyl (C=O) groups is 1. The number of nitrogens with one attached hydrogen (secondary N) is 1. The maximum Gasteiger partial charge on any atom is 0.573 e. The van der Waals surface area contributed by atoms with Crippen LogP contribution in [0.25, 0.3) is 11.3 Å². The van der Waals surface area contributed by atoms with Crippen LogP contribution >= 0.6 is 22.6 Å². The van der Waals surface area contributed by atoms with Crippen molar-refractivity contribution in [2.45, 2.75) is 13.3 Å². The highest BCUT2D eigenvalue weighted by Gasteiger charge is 2.32. The Hall–Kier alpha value is -1.85. The van der Waals surface area contributed by atoms with E-state index >= 15 is 0 Å². The summed E-state index contributed by atoms with van der Waals surface area (Å²) >= 11 is 1.70. The Kier molecular flexibility index (Phi) is 4.88. The molecule has 1 N–H and O–H groups in total. The molecule has 0 bridgehead atoms. The van der Waals surface area contributed by atoms with Gasteiger partial charge in [0.2, 0.25) is 0 Å². The second-order valence-electron chi connectivity index (χ2n) is 3.93. The van der Waals surface area contributed by atoms with Crippen molar-refractivity contribution < 1.29 is 27.4 Å². The quantitative estimate of drug-likeness (QED) is 0.600. The number of rotatable bonds is 4. The van der Waals surface area contributed by atoms with E-state index in [1.165, 1.54) is 12.1 Å². The standard InChI is InChI=1S/C12H9F3IN3O3/c1-2-21-11(20)10-9(17-19-18-10)6-3-4-8(7(16)5-6)22-12(13,14)15/h3-5H,2H2,1H3,(H,17,18,19). The van der Waals surface area contributed by atoms with Gasteiger partial charge < -0.3 is 9.47 Å². The van der Waals surface area contributed by atoms with Crippen molar-refractivity contribution >= 4 is 28.6 Å². The van der Waals surface area contributed by atoms with Gasteiger partial charge in [0.15, 0.2) is 5.69 Å². The number of aromatic nitrogens is 3. The van der Waals surface area contributed by atoms with Gasteiger partial charge in [-0.15, -0.1) is 18.3 Å². The van der Waals surface area contributed by atoms with Crippen molar-refractivity contribution in [3.05, 3.63) is 27.5 Å². The third-order valence-corrected chi connectivity index (χ3v) is 3.29. The molecule has 0 atom stereocenters. The van der Waals surface area contributed by atoms with Crippen LogP contribution in [0, 0.1) is 3.57 Å². The number of ether oxygens (including phenoxy) is 2. The van der Waals surface area contributed by atoms with E-state index in [4.69, 9.17) is 4.74 Å². The summed E-state index contributed by atoms with van der Waals surface area (Å²) in [5, 5.41) is 9.82. The molecule has 6 nitrogen and oxygen atoms in total. The summed E-state index contributed by atoms with van der Waals surface area (Å²) in [6.45, 7) is 1.81. The zero-order valence-electron chi connectivity index (χ0n) is 11.1. The Balaban J connectivity index is 2.33. The molecule has 0 fully saturated rings. The van der Waals surface area contributed by atoms with Crippen LogP contribution in [-0.2, 0) is 4.74 Å². The Bertz CT molecular complexity index is 688. The van der Waals surface area contributed by atoms with Gasteiger partial charge >= 0.3 is 12.3 Å². The van der Waals surface area contributed by atoms with Crippen molar-refractivity contribution in [3.63, 3.8) is 0 Å². The minimum Gasteiger partial charge on any atom is -0.461 e. The highest BCUT2D eigenvalue weighted by atomic mass is 127. The van der Waals surface area contributed by atoms with Gasteiger partial charge in [0.05, 0.1) is 10.2 Å². The summed E-state index contributed by atoms with van der Waals surface area (Å²) in [4.78, 5) is 11.7. The zero-order chi connectivity index (χ0) is 16.3. The zero-order valence-corrected chi connectivity index (χ0v) is 13.2. The number of hydrogen-bond donors (Lipinski definition) is 1. The van der Waals surface area contributed by atoms with E-state index in [2.05, 4.69) is 20.1 Å². The predicted molar refractivity (Wildman–Crippen MR) is 77.2 cm³/mol. The summed E-state index contributed by atoms with van der Waals surface area (Å²) < 4.78 is 45.6. The molecule has 0 amide bonds. The number of benzene rings is 1. The molecule has 0 saturated heterocycles. The van der Waals surface area contributed by atoms with Gasteiger partial charge in [0.25, 0.3) is 0 Å². The van der Waals surface area contributed by atoms with Crippen molar-refractivity contribution in [3.8, 4) is 17.0 Å². The minimum absolute atomic E-state index is 0.0397. The summed E-state index contributed by atoms with van der Waals surface area (Å²) in [6, 6.07) is 3.90. The van der Waals surface area contributed by atoms with Crippen LogP contribution in [0.5, 0.6) is 5.75 Å². The number of carbonyl (C=O) groups excluding carboxylic acids is 1. The third-order valence-electron chi connectivity index (χ3n) is 2.45. The van der Waals surface area contributed by atoms with Gasteiger partial charge in [-0.2, -0.15) is 10.3 Å². The molecular formula is C12H9F3IN3O3. The van der Waals surface area contributed by atoms with Crippen molar-refractivity contribution in [2.75, 3.05) is 6.61 Å². The van der Waals surface area contributed by atoms with Crippen LogP contribution in [0.1, 0.15) is 17.4 Å². The topological polar surface area (TPSA) is 77.1 Å². The molecule has 118 valence electrons. The van der Waals surface area contributed by atoms with E-state index in [9.17, 15) is 18.0 Å². The Morgan fingerprint density at radius 2 is 2.09 bits per heavy atom. The average Bonchev–Trinajstić information content (AvgIpc) is 2.89. The first-order valence-electron chi connectivity index (χ1n) is 5.95. The van der Waals surface area contributed by atoms with Gasteiger partial charge in [0, 0.05) is 5.56 Å². The first-order valence-corrected chi connectivity index (χ1v) is 7.03. The normalized spacial score (nSPS) is 11.3. The first-order chi connectivity index (χ1) is 10.3. The Morgan fingerprint density at radius 3 is 2.68 bits per heavy atom. The molecule has 0 spiro atoms. The molecule has 2 aromatic rings. The number of nitrogens with zero attached hydrogens (tertiary/aromatic N) is 2. The van der Waals surface area contributed by atoms with Crippen LogP contribution in [0.3, 0.4) is 0 Å². The van der Waals surface area contributed by atoms with E-state index in [0.717, 1.165) is 6.07 Å². The second kappa shape index (κ2) is 6.50. The number of hydrogen-bond acceptors (Lipinski definition) is 5. The van der Waals surface area contributed by atoms with E-state index in [0.29, 0.717) is 5.56 Å². The number of halogens is 4. The van der Waals surface area contributed by atoms with E-state index in [1.54, 1.807) is 29.5 Å². The number of alkyl halides is 3. The van der Waals surface area contributed by atoms with Gasteiger partial charge in [-0.3, -0.25) is 0 Å². The van der Waals surface area contributed by atoms with Crippen molar-refractivity contribution in [1.82, 2.24) is 15.4 Å². The van der Waals surface area contributed by atoms with E-state index in [-0.39, 0.29) is 27.3 Å². The molecule has 0 aliphatic heterocycles. The van der Waals surface area contributed by atoms with Crippen LogP contribution < -0.4 is 4.74 Å². The average molecular weight is 427 g/mol. The smallest absolute Gasteiger partial charge is 0.461 e. The molecule has 0 saturated carbocycles. The van der Waals surface area contributed by atoms with E-state index in [1.807, 2.05) is 0 Å². The largest absolute Gasteiger partial charge is 0.573 e. The SMILES string of the molecule is CCOC(=O)c1n[nH]nc1-c1ccc(OC(F)(F)F)c(I)c1. The molecule has 1 aromatic carbocycles. The number of aromatic amines is 1. The summed E-state index contributed by atoms with van der Waals surface area (Å²) in [5.41, 5.74) is 0.563. The molecule has 2 rings (SSSR count). The first kappa shape index (κ1) is 16.5. The minimum atomic E-state index is -4.77. The lowest BCUT2D eigenvalue weighted by atomic mass is 10.1. The lowest BCUT2D eigenvalue weighted by Crippen LogP contribution is -2.17. The van der Waals surface area contributed by atoms with Crippen LogP contribution in [0.15, 0.2) is 18.2 Å². The highest BCUT2D eigenvalue weighted by molar-refractivity contribution is 14.1. The lowest BCUT2D eigenvalue weighted by Gasteiger charge is -2.11. The van der Waals surface area contributed by atoms with Gasteiger partial charge in [-0.1, -0.05) is 0 Å². The van der Waals surface area contributed by atoms with Crippen LogP contribution in [-0.4, -0.2) is 34.3 Å². The molecule has 1 aromatic heterocycles. The van der Waals surface area contributed by atoms with Crippen LogP contribution in [0.4, 0.5) is 13.2 Å². The number of H-pyrrole nitrogens is 1. The summed E-state index contributed by atoms with van der Waals surface area (Å²) in [6.07, 6.45) is -4.77. The summed E-state index contributed by atoms with van der Waals surface area (Å²) in [5.74, 6) is -1.00. The maximum absolute atomic E-state index is 12.2. The number of esters is 1. The Labute approximate surface area is 136 Å². The predicted octanol–water partition coefficient (Wildman–Crippen LogP) is 3.15. The van der Waals surface area contributed by atoms with Gasteiger partial charge in [0.1, 0.15) is 11.4 Å². The monoisotopic (exact) mass is 427 g/mol. The van der Waals surface area contributed by atoms with E-state index < -0.39 is 12.3 Å².